The number of H-pyrrole nitrogens is 1. The first-order valence-electron chi connectivity index (χ1n) is 20.3. The molecule has 286 valence electrons. The van der Waals surface area contributed by atoms with Gasteiger partial charge in [-0.3, -0.25) is 0 Å². The normalized spacial score (nSPS) is 14.0. The minimum Gasteiger partial charge on any atom is -0.482 e. The lowest BCUT2D eigenvalue weighted by atomic mass is 9.94. The number of hydrogen-bond acceptors (Lipinski definition) is 2. The van der Waals surface area contributed by atoms with Crippen molar-refractivity contribution in [2.45, 2.75) is 94.3 Å². The highest BCUT2D eigenvalue weighted by Gasteiger charge is 2.28. The monoisotopic (exact) mass is 732 g/mol. The number of aromatic amines is 1. The van der Waals surface area contributed by atoms with Crippen molar-refractivity contribution in [1.82, 2.24) is 9.55 Å². The zero-order valence-electron chi connectivity index (χ0n) is 35.3. The SMILES string of the molecule is CC.CC.CC.CC.CC1(C)C=Cc2c(c3ccccc3c3c2[nH]c2ccccc23)O1.Cn1c2ccccc2c2c3ccccc3c3c(c21)C=CC(C)(C)O3. The van der Waals surface area contributed by atoms with Gasteiger partial charge in [-0.1, -0.05) is 140 Å². The number of benzene rings is 6. The number of aryl methyl sites for hydroxylation is 1. The topological polar surface area (TPSA) is 39.2 Å². The van der Waals surface area contributed by atoms with Crippen molar-refractivity contribution < 1.29 is 9.47 Å². The molecule has 0 radical (unpaired) electrons. The summed E-state index contributed by atoms with van der Waals surface area (Å²) in [5, 5.41) is 10.0. The van der Waals surface area contributed by atoms with Crippen LogP contribution in [0.15, 0.2) is 109 Å². The number of aromatic nitrogens is 2. The second-order valence-corrected chi connectivity index (χ2v) is 13.9. The largest absolute Gasteiger partial charge is 0.482 e. The maximum atomic E-state index is 6.39. The van der Waals surface area contributed by atoms with Crippen molar-refractivity contribution in [3.05, 3.63) is 120 Å². The van der Waals surface area contributed by atoms with Crippen LogP contribution in [0.1, 0.15) is 94.2 Å². The number of rotatable bonds is 0. The minimum atomic E-state index is -0.284. The summed E-state index contributed by atoms with van der Waals surface area (Å²) in [6.07, 6.45) is 8.71. The molecule has 55 heavy (non-hydrogen) atoms. The van der Waals surface area contributed by atoms with E-state index in [0.717, 1.165) is 22.6 Å². The average molecular weight is 733 g/mol. The van der Waals surface area contributed by atoms with E-state index in [1.54, 1.807) is 0 Å². The molecular weight excluding hydrogens is 673 g/mol. The Morgan fingerprint density at radius 1 is 0.473 bits per heavy atom. The molecule has 4 nitrogen and oxygen atoms in total. The highest BCUT2D eigenvalue weighted by atomic mass is 16.5. The van der Waals surface area contributed by atoms with E-state index in [1.165, 1.54) is 65.2 Å². The first-order valence-corrected chi connectivity index (χ1v) is 20.3. The predicted octanol–water partition coefficient (Wildman–Crippen LogP) is 15.4. The Morgan fingerprint density at radius 2 is 0.891 bits per heavy atom. The van der Waals surface area contributed by atoms with E-state index in [0.29, 0.717) is 0 Å². The van der Waals surface area contributed by atoms with E-state index in [1.807, 2.05) is 55.4 Å². The Morgan fingerprint density at radius 3 is 1.45 bits per heavy atom. The molecule has 0 amide bonds. The Kier molecular flexibility index (Phi) is 12.5. The summed E-state index contributed by atoms with van der Waals surface area (Å²) >= 11 is 0. The second kappa shape index (κ2) is 16.9. The maximum Gasteiger partial charge on any atom is 0.137 e. The van der Waals surface area contributed by atoms with Crippen LogP contribution in [0, 0.1) is 0 Å². The predicted molar refractivity (Wildman–Crippen MR) is 244 cm³/mol. The van der Waals surface area contributed by atoms with Crippen LogP contribution < -0.4 is 9.47 Å². The van der Waals surface area contributed by atoms with E-state index in [4.69, 9.17) is 9.47 Å². The lowest BCUT2D eigenvalue weighted by Gasteiger charge is -2.29. The standard InChI is InChI=1S/C22H19NO.C21H17NO.4C2H6/c1-22(2)13-12-17-20-19(16-10-6-7-11-18(16)23(20)3)14-8-4-5-9-15(14)21(17)24-22;1-21(2)12-11-16-19-18(15-9-5-6-10-17(15)22-19)13-7-3-4-8-14(13)20(16)23-21;4*1-2/h4-13H,1-3H3;3-12,22H,1-2H3;4*1-2H3. The van der Waals surface area contributed by atoms with Crippen molar-refractivity contribution in [2.24, 2.45) is 7.05 Å². The fraction of sp³-hybridized carbons (Fsp3) is 0.294. The molecular formula is C51H60N2O2. The van der Waals surface area contributed by atoms with Crippen LogP contribution in [0.2, 0.25) is 0 Å². The van der Waals surface area contributed by atoms with Crippen LogP contribution in [0.5, 0.6) is 11.5 Å². The summed E-state index contributed by atoms with van der Waals surface area (Å²) in [7, 11) is 2.15. The molecule has 4 heteroatoms. The number of ether oxygens (including phenoxy) is 2. The van der Waals surface area contributed by atoms with Crippen molar-refractivity contribution in [2.75, 3.05) is 0 Å². The molecule has 4 heterocycles. The molecule has 10 rings (SSSR count). The fourth-order valence-electron chi connectivity index (χ4n) is 7.61. The number of nitrogens with one attached hydrogen (secondary N) is 1. The summed E-state index contributed by atoms with van der Waals surface area (Å²) in [5.74, 6) is 1.98. The van der Waals surface area contributed by atoms with Crippen LogP contribution in [0.25, 0.3) is 77.3 Å². The highest BCUT2D eigenvalue weighted by molar-refractivity contribution is 6.25. The van der Waals surface area contributed by atoms with E-state index >= 15 is 0 Å². The number of nitrogens with zero attached hydrogens (tertiary/aromatic N) is 1. The van der Waals surface area contributed by atoms with Crippen LogP contribution in [-0.4, -0.2) is 20.8 Å². The van der Waals surface area contributed by atoms with E-state index < -0.39 is 0 Å². The van der Waals surface area contributed by atoms with Gasteiger partial charge in [-0.05, 0) is 74.9 Å². The first kappa shape index (κ1) is 40.7. The van der Waals surface area contributed by atoms with E-state index in [-0.39, 0.29) is 11.2 Å². The van der Waals surface area contributed by atoms with Crippen molar-refractivity contribution in [3.8, 4) is 11.5 Å². The third kappa shape index (κ3) is 7.23. The molecule has 0 bridgehead atoms. The smallest absolute Gasteiger partial charge is 0.137 e. The molecule has 1 N–H and O–H groups in total. The molecule has 0 spiro atoms. The minimum absolute atomic E-state index is 0.282. The summed E-state index contributed by atoms with van der Waals surface area (Å²) in [6, 6.07) is 34.2. The first-order chi connectivity index (χ1) is 26.7. The zero-order chi connectivity index (χ0) is 40.1. The van der Waals surface area contributed by atoms with Crippen LogP contribution in [0.3, 0.4) is 0 Å². The molecule has 2 aliphatic heterocycles. The van der Waals surface area contributed by atoms with Gasteiger partial charge in [0, 0.05) is 61.5 Å². The van der Waals surface area contributed by atoms with Gasteiger partial charge in [-0.15, -0.1) is 0 Å². The molecule has 0 saturated carbocycles. The second-order valence-electron chi connectivity index (χ2n) is 13.9. The van der Waals surface area contributed by atoms with Crippen molar-refractivity contribution in [3.63, 3.8) is 0 Å². The molecule has 8 aromatic rings. The summed E-state index contributed by atoms with van der Waals surface area (Å²) < 4.78 is 15.0. The third-order valence-corrected chi connectivity index (χ3v) is 9.74. The average Bonchev–Trinajstić information content (AvgIpc) is 3.77. The number of fused-ring (bicyclic) bond motifs is 16. The number of hydrogen-bond donors (Lipinski definition) is 1. The summed E-state index contributed by atoms with van der Waals surface area (Å²) in [6.45, 7) is 24.4. The van der Waals surface area contributed by atoms with Gasteiger partial charge in [-0.2, -0.15) is 0 Å². The number of para-hydroxylation sites is 2. The molecule has 0 aliphatic carbocycles. The Labute approximate surface area is 328 Å². The molecule has 0 saturated heterocycles. The third-order valence-electron chi connectivity index (χ3n) is 9.74. The van der Waals surface area contributed by atoms with E-state index in [2.05, 4.69) is 166 Å². The van der Waals surface area contributed by atoms with Gasteiger partial charge in [0.2, 0.25) is 0 Å². The molecule has 0 atom stereocenters. The van der Waals surface area contributed by atoms with Gasteiger partial charge in [0.15, 0.2) is 0 Å². The fourth-order valence-corrected chi connectivity index (χ4v) is 7.61. The maximum absolute atomic E-state index is 6.39. The van der Waals surface area contributed by atoms with Gasteiger partial charge >= 0.3 is 0 Å². The Hall–Kier alpha value is -5.48. The van der Waals surface area contributed by atoms with Gasteiger partial charge in [0.25, 0.3) is 0 Å². The van der Waals surface area contributed by atoms with Gasteiger partial charge < -0.3 is 19.0 Å². The van der Waals surface area contributed by atoms with Gasteiger partial charge in [-0.25, -0.2) is 0 Å². The van der Waals surface area contributed by atoms with Crippen LogP contribution >= 0.6 is 0 Å². The zero-order valence-corrected chi connectivity index (χ0v) is 35.3. The van der Waals surface area contributed by atoms with Gasteiger partial charge in [0.1, 0.15) is 22.7 Å². The molecule has 0 fully saturated rings. The highest BCUT2D eigenvalue weighted by Crippen LogP contribution is 2.47. The molecule has 0 unspecified atom stereocenters. The van der Waals surface area contributed by atoms with Crippen LogP contribution in [0.4, 0.5) is 0 Å². The summed E-state index contributed by atoms with van der Waals surface area (Å²) in [5.41, 5.74) is 6.59. The lowest BCUT2D eigenvalue weighted by molar-refractivity contribution is 0.161. The van der Waals surface area contributed by atoms with Crippen molar-refractivity contribution in [1.29, 1.82) is 0 Å². The molecule has 6 aromatic carbocycles. The summed E-state index contributed by atoms with van der Waals surface area (Å²) in [4.78, 5) is 3.59. The van der Waals surface area contributed by atoms with Gasteiger partial charge in [0.05, 0.1) is 11.0 Å². The molecule has 2 aromatic heterocycles. The van der Waals surface area contributed by atoms with Crippen LogP contribution in [-0.2, 0) is 7.05 Å². The Balaban J connectivity index is 0.000000179. The quantitative estimate of drug-likeness (QED) is 0.169. The van der Waals surface area contributed by atoms with Crippen molar-refractivity contribution >= 4 is 77.3 Å². The molecule has 2 aliphatic rings. The lowest BCUT2D eigenvalue weighted by Crippen LogP contribution is -2.27. The Bertz CT molecular complexity index is 2650. The van der Waals surface area contributed by atoms with E-state index in [9.17, 15) is 0 Å².